The Balaban J connectivity index is 0.00000208. The molecule has 0 spiro atoms. The zero-order chi connectivity index (χ0) is 16.4. The molecule has 2 aromatic carbocycles. The van der Waals surface area contributed by atoms with Gasteiger partial charge in [0.15, 0.2) is 0 Å². The number of halogens is 2. The molecule has 0 aliphatic heterocycles. The predicted molar refractivity (Wildman–Crippen MR) is 95.4 cm³/mol. The van der Waals surface area contributed by atoms with Crippen LogP contribution in [0.15, 0.2) is 48.5 Å². The summed E-state index contributed by atoms with van der Waals surface area (Å²) in [5, 5.41) is 10.3. The molecule has 128 valence electrons. The summed E-state index contributed by atoms with van der Waals surface area (Å²) in [5.41, 5.74) is 7.88. The van der Waals surface area contributed by atoms with Gasteiger partial charge in [-0.1, -0.05) is 18.2 Å². The minimum Gasteiger partial charge on any atom is -0.441 e. The first kappa shape index (κ1) is 18.3. The fraction of sp³-hybridized carbons (Fsp3) is 0.222. The van der Waals surface area contributed by atoms with Crippen LogP contribution in [0, 0.1) is 5.82 Å². The van der Waals surface area contributed by atoms with Crippen molar-refractivity contribution >= 4 is 23.3 Å². The smallest absolute Gasteiger partial charge is 0.204 e. The van der Waals surface area contributed by atoms with Gasteiger partial charge in [-0.3, -0.25) is 0 Å². The van der Waals surface area contributed by atoms with Crippen molar-refractivity contribution in [3.8, 4) is 11.6 Å². The number of aromatic nitrogens is 1. The highest BCUT2D eigenvalue weighted by atomic mass is 35.5. The first-order valence-corrected chi connectivity index (χ1v) is 7.46. The number of nitrogens with two attached hydrogens (primary N) is 1. The Morgan fingerprint density at radius 2 is 1.83 bits per heavy atom. The van der Waals surface area contributed by atoms with E-state index in [1.54, 1.807) is 12.1 Å². The molecule has 0 radical (unpaired) electrons. The lowest BCUT2D eigenvalue weighted by Crippen LogP contribution is -2.26. The Bertz CT molecular complexity index is 818. The molecule has 0 fully saturated rings. The van der Waals surface area contributed by atoms with Crippen molar-refractivity contribution in [2.75, 3.05) is 6.61 Å². The molecule has 0 amide bonds. The number of aryl methyl sites for hydroxylation is 1. The fourth-order valence-electron chi connectivity index (χ4n) is 2.72. The van der Waals surface area contributed by atoms with Crippen molar-refractivity contribution in [1.29, 1.82) is 0 Å². The third kappa shape index (κ3) is 3.53. The van der Waals surface area contributed by atoms with Crippen molar-refractivity contribution in [3.05, 3.63) is 59.9 Å². The van der Waals surface area contributed by atoms with Gasteiger partial charge in [0.1, 0.15) is 11.6 Å². The van der Waals surface area contributed by atoms with Crippen LogP contribution in [-0.2, 0) is 13.5 Å². The Kier molecular flexibility index (Phi) is 5.83. The van der Waals surface area contributed by atoms with Crippen LogP contribution < -0.4 is 10.5 Å². The molecule has 0 saturated carbocycles. The minimum absolute atomic E-state index is 0. The van der Waals surface area contributed by atoms with E-state index in [4.69, 9.17) is 10.5 Å². The quantitative estimate of drug-likeness (QED) is 0.741. The Morgan fingerprint density at radius 1 is 1.17 bits per heavy atom. The zero-order valence-electron chi connectivity index (χ0n) is 13.3. The maximum absolute atomic E-state index is 13.1. The van der Waals surface area contributed by atoms with Crippen LogP contribution in [0.5, 0.6) is 11.6 Å². The molecule has 1 aromatic heterocycles. The van der Waals surface area contributed by atoms with Crippen LogP contribution in [-0.4, -0.2) is 22.3 Å². The SMILES string of the molecule is Cl.Cn1c(Oc2ccc(F)cc2)c(CC(N)CO)c2ccccc21. The molecule has 3 rings (SSSR count). The molecular formula is C18H20ClFN2O2. The van der Waals surface area contributed by atoms with Crippen molar-refractivity contribution in [1.82, 2.24) is 4.57 Å². The van der Waals surface area contributed by atoms with E-state index in [0.717, 1.165) is 16.5 Å². The van der Waals surface area contributed by atoms with Crippen molar-refractivity contribution in [3.63, 3.8) is 0 Å². The summed E-state index contributed by atoms with van der Waals surface area (Å²) in [5.74, 6) is 0.898. The van der Waals surface area contributed by atoms with Crippen LogP contribution >= 0.6 is 12.4 Å². The van der Waals surface area contributed by atoms with Crippen LogP contribution in [0.2, 0.25) is 0 Å². The molecule has 4 nitrogen and oxygen atoms in total. The van der Waals surface area contributed by atoms with E-state index in [1.807, 2.05) is 35.9 Å². The molecule has 0 aliphatic rings. The van der Waals surface area contributed by atoms with E-state index in [1.165, 1.54) is 12.1 Å². The molecule has 0 bridgehead atoms. The van der Waals surface area contributed by atoms with Gasteiger partial charge in [0.05, 0.1) is 12.1 Å². The summed E-state index contributed by atoms with van der Waals surface area (Å²) in [6.07, 6.45) is 0.494. The first-order valence-electron chi connectivity index (χ1n) is 7.46. The van der Waals surface area contributed by atoms with Crippen LogP contribution in [0.3, 0.4) is 0 Å². The normalized spacial score (nSPS) is 12.0. The van der Waals surface area contributed by atoms with Gasteiger partial charge >= 0.3 is 0 Å². The topological polar surface area (TPSA) is 60.4 Å². The summed E-state index contributed by atoms with van der Waals surface area (Å²) < 4.78 is 21.0. The molecule has 0 saturated heterocycles. The van der Waals surface area contributed by atoms with Crippen LogP contribution in [0.1, 0.15) is 5.56 Å². The third-order valence-electron chi connectivity index (χ3n) is 3.88. The first-order chi connectivity index (χ1) is 11.1. The molecule has 3 aromatic rings. The Labute approximate surface area is 146 Å². The number of ether oxygens (including phenoxy) is 1. The van der Waals surface area contributed by atoms with Crippen LogP contribution in [0.25, 0.3) is 10.9 Å². The second-order valence-corrected chi connectivity index (χ2v) is 5.56. The number of aliphatic hydroxyl groups is 1. The molecular weight excluding hydrogens is 331 g/mol. The molecule has 0 aliphatic carbocycles. The summed E-state index contributed by atoms with van der Waals surface area (Å²) in [6, 6.07) is 13.4. The van der Waals surface area contributed by atoms with Crippen molar-refractivity contribution < 1.29 is 14.2 Å². The second-order valence-electron chi connectivity index (χ2n) is 5.56. The highest BCUT2D eigenvalue weighted by molar-refractivity contribution is 5.87. The number of hydrogen-bond donors (Lipinski definition) is 2. The lowest BCUT2D eigenvalue weighted by molar-refractivity contribution is 0.264. The number of benzene rings is 2. The largest absolute Gasteiger partial charge is 0.441 e. The van der Waals surface area contributed by atoms with Gasteiger partial charge in [-0.2, -0.15) is 0 Å². The molecule has 1 unspecified atom stereocenters. The van der Waals surface area contributed by atoms with Crippen molar-refractivity contribution in [2.45, 2.75) is 12.5 Å². The van der Waals surface area contributed by atoms with Gasteiger partial charge in [-0.25, -0.2) is 4.39 Å². The molecule has 6 heteroatoms. The number of hydrogen-bond acceptors (Lipinski definition) is 3. The Hall–Kier alpha value is -2.08. The lowest BCUT2D eigenvalue weighted by atomic mass is 10.1. The van der Waals surface area contributed by atoms with E-state index in [9.17, 15) is 9.50 Å². The standard InChI is InChI=1S/C18H19FN2O2.ClH/c1-21-17-5-3-2-4-15(17)16(10-13(20)11-22)18(21)23-14-8-6-12(19)7-9-14;/h2-9,13,22H,10-11,20H2,1H3;1H. The average Bonchev–Trinajstić information content (AvgIpc) is 2.83. The highest BCUT2D eigenvalue weighted by Crippen LogP contribution is 2.35. The number of nitrogens with zero attached hydrogens (tertiary/aromatic N) is 1. The lowest BCUT2D eigenvalue weighted by Gasteiger charge is -2.12. The number of fused-ring (bicyclic) bond motifs is 1. The van der Waals surface area contributed by atoms with Crippen LogP contribution in [0.4, 0.5) is 4.39 Å². The summed E-state index contributed by atoms with van der Waals surface area (Å²) >= 11 is 0. The molecule has 1 atom stereocenters. The maximum Gasteiger partial charge on any atom is 0.204 e. The number of para-hydroxylation sites is 1. The predicted octanol–water partition coefficient (Wildman–Crippen LogP) is 3.39. The van der Waals surface area contributed by atoms with E-state index in [-0.39, 0.29) is 30.9 Å². The molecule has 24 heavy (non-hydrogen) atoms. The monoisotopic (exact) mass is 350 g/mol. The van der Waals surface area contributed by atoms with Gasteiger partial charge in [0, 0.05) is 24.0 Å². The van der Waals surface area contributed by atoms with E-state index in [0.29, 0.717) is 18.1 Å². The van der Waals surface area contributed by atoms with Gasteiger partial charge in [-0.15, -0.1) is 12.4 Å². The fourth-order valence-corrected chi connectivity index (χ4v) is 2.72. The van der Waals surface area contributed by atoms with Gasteiger partial charge in [-0.05, 0) is 36.8 Å². The van der Waals surface area contributed by atoms with Crippen molar-refractivity contribution in [2.24, 2.45) is 12.8 Å². The average molecular weight is 351 g/mol. The summed E-state index contributed by atoms with van der Waals surface area (Å²) in [6.45, 7) is -0.0980. The van der Waals surface area contributed by atoms with E-state index < -0.39 is 0 Å². The number of rotatable bonds is 5. The second kappa shape index (κ2) is 7.66. The highest BCUT2D eigenvalue weighted by Gasteiger charge is 2.19. The zero-order valence-corrected chi connectivity index (χ0v) is 14.1. The van der Waals surface area contributed by atoms with Gasteiger partial charge in [0.25, 0.3) is 0 Å². The summed E-state index contributed by atoms with van der Waals surface area (Å²) in [4.78, 5) is 0. The van der Waals surface area contributed by atoms with Gasteiger partial charge < -0.3 is 20.1 Å². The van der Waals surface area contributed by atoms with E-state index >= 15 is 0 Å². The molecule has 1 heterocycles. The van der Waals surface area contributed by atoms with Gasteiger partial charge in [0.2, 0.25) is 5.88 Å². The van der Waals surface area contributed by atoms with E-state index in [2.05, 4.69) is 0 Å². The third-order valence-corrected chi connectivity index (χ3v) is 3.88. The number of aliphatic hydroxyl groups excluding tert-OH is 1. The minimum atomic E-state index is -0.364. The Morgan fingerprint density at radius 3 is 2.50 bits per heavy atom. The molecule has 3 N–H and O–H groups in total. The maximum atomic E-state index is 13.1. The summed E-state index contributed by atoms with van der Waals surface area (Å²) in [7, 11) is 1.91.